The summed E-state index contributed by atoms with van der Waals surface area (Å²) in [5, 5.41) is 7.92. The van der Waals surface area contributed by atoms with Crippen molar-refractivity contribution in [2.45, 2.75) is 19.4 Å². The topological polar surface area (TPSA) is 39.1 Å². The van der Waals surface area contributed by atoms with Crippen LogP contribution in [0.25, 0.3) is 5.69 Å². The molecule has 1 N–H and O–H groups in total. The van der Waals surface area contributed by atoms with Crippen LogP contribution in [0.4, 0.5) is 0 Å². The molecule has 0 bridgehead atoms. The summed E-state index contributed by atoms with van der Waals surface area (Å²) < 4.78 is 7.70. The van der Waals surface area contributed by atoms with Gasteiger partial charge in [0.15, 0.2) is 0 Å². The Hall–Kier alpha value is -1.65. The molecular weight excluding hydrogens is 250 g/mol. The van der Waals surface area contributed by atoms with Crippen molar-refractivity contribution < 1.29 is 4.74 Å². The normalized spacial score (nSPS) is 16.4. The van der Waals surface area contributed by atoms with Crippen molar-refractivity contribution >= 4 is 0 Å². The summed E-state index contributed by atoms with van der Waals surface area (Å²) in [5.74, 6) is 0.701. The van der Waals surface area contributed by atoms with Crippen LogP contribution in [0, 0.1) is 5.92 Å². The summed E-state index contributed by atoms with van der Waals surface area (Å²) in [6.45, 7) is 3.69. The molecule has 20 heavy (non-hydrogen) atoms. The van der Waals surface area contributed by atoms with Crippen LogP contribution in [0.5, 0.6) is 0 Å². The molecule has 2 aromatic rings. The third kappa shape index (κ3) is 3.46. The molecule has 0 atom stereocenters. The maximum Gasteiger partial charge on any atom is 0.0906 e. The van der Waals surface area contributed by atoms with Gasteiger partial charge in [-0.05, 0) is 50.0 Å². The van der Waals surface area contributed by atoms with E-state index in [0.717, 1.165) is 31.1 Å². The van der Waals surface area contributed by atoms with Crippen molar-refractivity contribution in [3.8, 4) is 5.69 Å². The largest absolute Gasteiger partial charge is 0.375 e. The molecule has 0 aliphatic carbocycles. The Kier molecular flexibility index (Phi) is 4.46. The molecule has 0 radical (unpaired) electrons. The molecule has 1 fully saturated rings. The highest BCUT2D eigenvalue weighted by Gasteiger charge is 2.13. The first kappa shape index (κ1) is 13.3. The molecule has 0 amide bonds. The van der Waals surface area contributed by atoms with E-state index in [9.17, 15) is 0 Å². The summed E-state index contributed by atoms with van der Waals surface area (Å²) in [6.07, 6.45) is 4.43. The zero-order chi connectivity index (χ0) is 13.6. The first-order chi connectivity index (χ1) is 9.92. The van der Waals surface area contributed by atoms with Gasteiger partial charge in [-0.3, -0.25) is 0 Å². The lowest BCUT2D eigenvalue weighted by Crippen LogP contribution is -2.29. The zero-order valence-electron chi connectivity index (χ0n) is 11.7. The first-order valence-corrected chi connectivity index (χ1v) is 7.30. The van der Waals surface area contributed by atoms with Crippen LogP contribution >= 0.6 is 0 Å². The number of hydrogen-bond donors (Lipinski definition) is 1. The fourth-order valence-corrected chi connectivity index (χ4v) is 2.54. The highest BCUT2D eigenvalue weighted by atomic mass is 16.5. The lowest BCUT2D eigenvalue weighted by atomic mass is 9.99. The molecule has 0 spiro atoms. The lowest BCUT2D eigenvalue weighted by molar-refractivity contribution is 0.0742. The number of nitrogens with one attached hydrogen (secondary N) is 1. The standard InChI is InChI=1S/C16H21N3O/c1-2-4-16(5-3-1)19-11-8-15(18-19)13-20-12-14-6-9-17-10-7-14/h1-5,8,11,14,17H,6-7,9-10,12-13H2. The number of rotatable bonds is 5. The van der Waals surface area contributed by atoms with E-state index in [-0.39, 0.29) is 0 Å². The number of ether oxygens (including phenoxy) is 1. The number of aromatic nitrogens is 2. The monoisotopic (exact) mass is 271 g/mol. The quantitative estimate of drug-likeness (QED) is 0.907. The van der Waals surface area contributed by atoms with E-state index in [1.54, 1.807) is 0 Å². The zero-order valence-corrected chi connectivity index (χ0v) is 11.7. The molecule has 1 saturated heterocycles. The van der Waals surface area contributed by atoms with E-state index in [1.165, 1.54) is 12.8 Å². The Morgan fingerprint density at radius 2 is 1.95 bits per heavy atom. The number of para-hydroxylation sites is 1. The van der Waals surface area contributed by atoms with Crippen molar-refractivity contribution in [1.29, 1.82) is 0 Å². The van der Waals surface area contributed by atoms with Gasteiger partial charge < -0.3 is 10.1 Å². The molecule has 1 aliphatic rings. The number of nitrogens with zero attached hydrogens (tertiary/aromatic N) is 2. The van der Waals surface area contributed by atoms with Gasteiger partial charge in [-0.25, -0.2) is 4.68 Å². The van der Waals surface area contributed by atoms with Gasteiger partial charge in [0.2, 0.25) is 0 Å². The Morgan fingerprint density at radius 1 is 1.15 bits per heavy atom. The second-order valence-corrected chi connectivity index (χ2v) is 5.30. The average molecular weight is 271 g/mol. The van der Waals surface area contributed by atoms with Gasteiger partial charge in [0, 0.05) is 6.20 Å². The van der Waals surface area contributed by atoms with Gasteiger partial charge in [-0.1, -0.05) is 18.2 Å². The van der Waals surface area contributed by atoms with Crippen molar-refractivity contribution in [3.63, 3.8) is 0 Å². The van der Waals surface area contributed by atoms with Gasteiger partial charge in [-0.15, -0.1) is 0 Å². The molecule has 1 aromatic heterocycles. The minimum Gasteiger partial charge on any atom is -0.375 e. The van der Waals surface area contributed by atoms with E-state index < -0.39 is 0 Å². The van der Waals surface area contributed by atoms with E-state index >= 15 is 0 Å². The second kappa shape index (κ2) is 6.68. The lowest BCUT2D eigenvalue weighted by Gasteiger charge is -2.22. The van der Waals surface area contributed by atoms with Gasteiger partial charge in [0.25, 0.3) is 0 Å². The second-order valence-electron chi connectivity index (χ2n) is 5.30. The van der Waals surface area contributed by atoms with Crippen LogP contribution in [0.15, 0.2) is 42.6 Å². The summed E-state index contributed by atoms with van der Waals surface area (Å²) in [6, 6.07) is 12.2. The molecule has 4 nitrogen and oxygen atoms in total. The molecule has 4 heteroatoms. The number of piperidine rings is 1. The Labute approximate surface area is 119 Å². The van der Waals surface area contributed by atoms with Crippen molar-refractivity contribution in [3.05, 3.63) is 48.3 Å². The SMILES string of the molecule is c1ccc(-n2ccc(COCC3CCNCC3)n2)cc1. The van der Waals surface area contributed by atoms with Gasteiger partial charge in [0.05, 0.1) is 24.6 Å². The van der Waals surface area contributed by atoms with Crippen molar-refractivity contribution in [2.24, 2.45) is 5.92 Å². The van der Waals surface area contributed by atoms with Crippen LogP contribution in [0.2, 0.25) is 0 Å². The van der Waals surface area contributed by atoms with Crippen LogP contribution in [-0.4, -0.2) is 29.5 Å². The minimum absolute atomic E-state index is 0.601. The smallest absolute Gasteiger partial charge is 0.0906 e. The third-order valence-electron chi connectivity index (χ3n) is 3.73. The predicted octanol–water partition coefficient (Wildman–Crippen LogP) is 2.39. The Bertz CT molecular complexity index is 518. The van der Waals surface area contributed by atoms with Crippen LogP contribution < -0.4 is 5.32 Å². The van der Waals surface area contributed by atoms with E-state index in [1.807, 2.05) is 47.3 Å². The molecule has 1 aromatic carbocycles. The van der Waals surface area contributed by atoms with Crippen LogP contribution in [0.3, 0.4) is 0 Å². The molecule has 2 heterocycles. The summed E-state index contributed by atoms with van der Waals surface area (Å²) in [7, 11) is 0. The Morgan fingerprint density at radius 3 is 2.75 bits per heavy atom. The first-order valence-electron chi connectivity index (χ1n) is 7.30. The van der Waals surface area contributed by atoms with Crippen molar-refractivity contribution in [2.75, 3.05) is 19.7 Å². The van der Waals surface area contributed by atoms with E-state index in [4.69, 9.17) is 4.74 Å². The van der Waals surface area contributed by atoms with Gasteiger partial charge in [0.1, 0.15) is 0 Å². The van der Waals surface area contributed by atoms with E-state index in [0.29, 0.717) is 12.5 Å². The maximum atomic E-state index is 5.80. The van der Waals surface area contributed by atoms with E-state index in [2.05, 4.69) is 10.4 Å². The van der Waals surface area contributed by atoms with Crippen LogP contribution in [0.1, 0.15) is 18.5 Å². The van der Waals surface area contributed by atoms with Crippen LogP contribution in [-0.2, 0) is 11.3 Å². The van der Waals surface area contributed by atoms with Gasteiger partial charge >= 0.3 is 0 Å². The number of benzene rings is 1. The highest BCUT2D eigenvalue weighted by molar-refractivity contribution is 5.30. The fourth-order valence-electron chi connectivity index (χ4n) is 2.54. The predicted molar refractivity (Wildman–Crippen MR) is 78.8 cm³/mol. The third-order valence-corrected chi connectivity index (χ3v) is 3.73. The molecule has 0 saturated carbocycles. The number of hydrogen-bond acceptors (Lipinski definition) is 3. The molecule has 0 unspecified atom stereocenters. The van der Waals surface area contributed by atoms with Crippen molar-refractivity contribution in [1.82, 2.24) is 15.1 Å². The molecule has 106 valence electrons. The fraction of sp³-hybridized carbons (Fsp3) is 0.438. The minimum atomic E-state index is 0.601. The summed E-state index contributed by atoms with van der Waals surface area (Å²) >= 11 is 0. The summed E-state index contributed by atoms with van der Waals surface area (Å²) in [5.41, 5.74) is 2.07. The average Bonchev–Trinajstić information content (AvgIpc) is 2.98. The summed E-state index contributed by atoms with van der Waals surface area (Å²) in [4.78, 5) is 0. The molecular formula is C16H21N3O. The molecule has 1 aliphatic heterocycles. The highest BCUT2D eigenvalue weighted by Crippen LogP contribution is 2.13. The van der Waals surface area contributed by atoms with Gasteiger partial charge in [-0.2, -0.15) is 5.10 Å². The maximum absolute atomic E-state index is 5.80. The molecule has 3 rings (SSSR count). The Balaban J connectivity index is 1.50.